The number of carbonyl (C=O) groups excluding carboxylic acids is 2. The summed E-state index contributed by atoms with van der Waals surface area (Å²) >= 11 is 0. The van der Waals surface area contributed by atoms with Crippen molar-refractivity contribution in [3.8, 4) is 0 Å². The van der Waals surface area contributed by atoms with Gasteiger partial charge in [0.15, 0.2) is 0 Å². The minimum absolute atomic E-state index is 0.0119. The maximum absolute atomic E-state index is 12.3. The molecule has 0 radical (unpaired) electrons. The molecule has 0 saturated carbocycles. The molecule has 0 unspecified atom stereocenters. The first-order valence-corrected chi connectivity index (χ1v) is 9.53. The first-order chi connectivity index (χ1) is 12.6. The van der Waals surface area contributed by atoms with Gasteiger partial charge < -0.3 is 10.6 Å². The summed E-state index contributed by atoms with van der Waals surface area (Å²) in [6, 6.07) is 6.53. The molecule has 4 heteroatoms. The Labute approximate surface area is 155 Å². The van der Waals surface area contributed by atoms with Crippen LogP contribution in [0.2, 0.25) is 0 Å². The summed E-state index contributed by atoms with van der Waals surface area (Å²) in [6.45, 7) is 5.86. The normalized spacial score (nSPS) is 20.4. The molecule has 2 aliphatic rings. The maximum atomic E-state index is 12.3. The molecule has 1 heterocycles. The predicted octanol–water partition coefficient (Wildman–Crippen LogP) is 3.27. The van der Waals surface area contributed by atoms with Crippen LogP contribution in [0.1, 0.15) is 55.2 Å². The summed E-state index contributed by atoms with van der Waals surface area (Å²) in [6.07, 6.45) is 7.93. The Balaban J connectivity index is 1.84. The van der Waals surface area contributed by atoms with E-state index in [-0.39, 0.29) is 11.8 Å². The fraction of sp³-hybridized carbons (Fsp3) is 0.455. The van der Waals surface area contributed by atoms with E-state index in [4.69, 9.17) is 0 Å². The number of ketones is 1. The third-order valence-electron chi connectivity index (χ3n) is 5.31. The number of piperidine rings is 1. The average molecular weight is 352 g/mol. The first-order valence-electron chi connectivity index (χ1n) is 9.53. The van der Waals surface area contributed by atoms with Crippen LogP contribution in [0.15, 0.2) is 35.9 Å². The summed E-state index contributed by atoms with van der Waals surface area (Å²) < 4.78 is 0. The van der Waals surface area contributed by atoms with Gasteiger partial charge in [-0.25, -0.2) is 0 Å². The van der Waals surface area contributed by atoms with E-state index in [1.165, 1.54) is 22.3 Å². The SMILES string of the molecule is CC(=O)NCCC1=C(c2ccc([C@H]3CNCCC3=O)c(C)c2)CCC=C1. The number of aryl methyl sites for hydroxylation is 1. The Morgan fingerprint density at radius 2 is 2.15 bits per heavy atom. The van der Waals surface area contributed by atoms with E-state index in [0.29, 0.717) is 18.7 Å². The summed E-state index contributed by atoms with van der Waals surface area (Å²) in [5.41, 5.74) is 6.24. The number of carbonyl (C=O) groups is 2. The highest BCUT2D eigenvalue weighted by Crippen LogP contribution is 2.33. The minimum Gasteiger partial charge on any atom is -0.356 e. The number of nitrogens with one attached hydrogen (secondary N) is 2. The summed E-state index contributed by atoms with van der Waals surface area (Å²) in [5.74, 6) is 0.338. The molecule has 1 aromatic carbocycles. The van der Waals surface area contributed by atoms with Crippen molar-refractivity contribution >= 4 is 17.3 Å². The van der Waals surface area contributed by atoms with Crippen molar-refractivity contribution in [2.45, 2.75) is 45.4 Å². The van der Waals surface area contributed by atoms with Crippen LogP contribution in [-0.2, 0) is 9.59 Å². The Morgan fingerprint density at radius 3 is 2.88 bits per heavy atom. The second-order valence-corrected chi connectivity index (χ2v) is 7.22. The number of hydrogen-bond donors (Lipinski definition) is 2. The molecular weight excluding hydrogens is 324 g/mol. The number of hydrogen-bond acceptors (Lipinski definition) is 3. The summed E-state index contributed by atoms with van der Waals surface area (Å²) in [7, 11) is 0. The molecule has 26 heavy (non-hydrogen) atoms. The third-order valence-corrected chi connectivity index (χ3v) is 5.31. The molecule has 1 aliphatic heterocycles. The van der Waals surface area contributed by atoms with Crippen molar-refractivity contribution in [1.29, 1.82) is 0 Å². The molecule has 3 rings (SSSR count). The van der Waals surface area contributed by atoms with E-state index in [1.807, 2.05) is 0 Å². The molecule has 4 nitrogen and oxygen atoms in total. The van der Waals surface area contributed by atoms with Crippen LogP contribution in [0, 0.1) is 6.92 Å². The molecule has 1 amide bonds. The van der Waals surface area contributed by atoms with E-state index in [9.17, 15) is 9.59 Å². The zero-order chi connectivity index (χ0) is 18.5. The lowest BCUT2D eigenvalue weighted by molar-refractivity contribution is -0.121. The van der Waals surface area contributed by atoms with Gasteiger partial charge in [-0.2, -0.15) is 0 Å². The average Bonchev–Trinajstić information content (AvgIpc) is 2.62. The van der Waals surface area contributed by atoms with Crippen LogP contribution >= 0.6 is 0 Å². The van der Waals surface area contributed by atoms with Crippen LogP contribution in [0.25, 0.3) is 5.57 Å². The van der Waals surface area contributed by atoms with Gasteiger partial charge in [0.1, 0.15) is 5.78 Å². The summed E-state index contributed by atoms with van der Waals surface area (Å²) in [5, 5.41) is 6.22. The Hall–Kier alpha value is -2.20. The van der Waals surface area contributed by atoms with Crippen molar-refractivity contribution in [2.24, 2.45) is 0 Å². The van der Waals surface area contributed by atoms with Crippen molar-refractivity contribution in [1.82, 2.24) is 10.6 Å². The van der Waals surface area contributed by atoms with Crippen LogP contribution in [0.3, 0.4) is 0 Å². The lowest BCUT2D eigenvalue weighted by atomic mass is 9.84. The summed E-state index contributed by atoms with van der Waals surface area (Å²) in [4.78, 5) is 23.4. The zero-order valence-corrected chi connectivity index (χ0v) is 15.7. The number of allylic oxidation sites excluding steroid dienone is 3. The van der Waals surface area contributed by atoms with E-state index < -0.39 is 0 Å². The maximum Gasteiger partial charge on any atom is 0.216 e. The largest absolute Gasteiger partial charge is 0.356 e. The van der Waals surface area contributed by atoms with Gasteiger partial charge in [0, 0.05) is 33.0 Å². The van der Waals surface area contributed by atoms with Gasteiger partial charge in [-0.3, -0.25) is 9.59 Å². The highest BCUT2D eigenvalue weighted by atomic mass is 16.1. The number of amides is 1. The minimum atomic E-state index is -0.0164. The van der Waals surface area contributed by atoms with Gasteiger partial charge >= 0.3 is 0 Å². The number of Topliss-reactive ketones (excluding diaryl/α,β-unsaturated/α-hetero) is 1. The van der Waals surface area contributed by atoms with Crippen LogP contribution in [0.5, 0.6) is 0 Å². The Morgan fingerprint density at radius 1 is 1.31 bits per heavy atom. The molecule has 138 valence electrons. The second kappa shape index (κ2) is 8.45. The molecular formula is C22H28N2O2. The molecule has 2 N–H and O–H groups in total. The number of benzene rings is 1. The van der Waals surface area contributed by atoms with Gasteiger partial charge in [0.05, 0.1) is 5.92 Å². The van der Waals surface area contributed by atoms with Crippen molar-refractivity contribution in [3.05, 3.63) is 52.6 Å². The van der Waals surface area contributed by atoms with Crippen molar-refractivity contribution < 1.29 is 9.59 Å². The second-order valence-electron chi connectivity index (χ2n) is 7.22. The Kier molecular flexibility index (Phi) is 6.04. The van der Waals surface area contributed by atoms with Crippen LogP contribution < -0.4 is 10.6 Å². The smallest absolute Gasteiger partial charge is 0.216 e. The number of rotatable bonds is 5. The van der Waals surface area contributed by atoms with Crippen LogP contribution in [-0.4, -0.2) is 31.3 Å². The molecule has 0 spiro atoms. The molecule has 1 fully saturated rings. The van der Waals surface area contributed by atoms with Gasteiger partial charge in [0.2, 0.25) is 5.91 Å². The lowest BCUT2D eigenvalue weighted by Crippen LogP contribution is -2.35. The molecule has 0 bridgehead atoms. The van der Waals surface area contributed by atoms with Crippen LogP contribution in [0.4, 0.5) is 0 Å². The fourth-order valence-corrected chi connectivity index (χ4v) is 3.94. The lowest BCUT2D eigenvalue weighted by Gasteiger charge is -2.24. The van der Waals surface area contributed by atoms with Gasteiger partial charge in [-0.15, -0.1) is 0 Å². The molecule has 1 aliphatic carbocycles. The molecule has 1 aromatic rings. The predicted molar refractivity (Wildman–Crippen MR) is 105 cm³/mol. The van der Waals surface area contributed by atoms with Gasteiger partial charge in [-0.1, -0.05) is 30.4 Å². The highest BCUT2D eigenvalue weighted by Gasteiger charge is 2.25. The van der Waals surface area contributed by atoms with E-state index >= 15 is 0 Å². The third kappa shape index (κ3) is 4.31. The van der Waals surface area contributed by atoms with E-state index in [2.05, 4.69) is 47.9 Å². The Bertz CT molecular complexity index is 761. The van der Waals surface area contributed by atoms with Crippen molar-refractivity contribution in [3.63, 3.8) is 0 Å². The van der Waals surface area contributed by atoms with E-state index in [1.54, 1.807) is 6.92 Å². The zero-order valence-electron chi connectivity index (χ0n) is 15.7. The first kappa shape index (κ1) is 18.6. The van der Waals surface area contributed by atoms with Gasteiger partial charge in [-0.05, 0) is 54.0 Å². The van der Waals surface area contributed by atoms with E-state index in [0.717, 1.165) is 37.9 Å². The molecule has 1 atom stereocenters. The van der Waals surface area contributed by atoms with Crippen molar-refractivity contribution in [2.75, 3.05) is 19.6 Å². The topological polar surface area (TPSA) is 58.2 Å². The monoisotopic (exact) mass is 352 g/mol. The standard InChI is InChI=1S/C22H28N2O2/c1-15-13-18(7-8-19(15)21-14-23-11-10-22(21)26)20-6-4-3-5-17(20)9-12-24-16(2)25/h3,5,7-8,13,21,23H,4,6,9-12,14H2,1-2H3,(H,24,25)/t21-/m1/s1. The fourth-order valence-electron chi connectivity index (χ4n) is 3.94. The highest BCUT2D eigenvalue weighted by molar-refractivity contribution is 5.87. The molecule has 0 aromatic heterocycles. The van der Waals surface area contributed by atoms with Gasteiger partial charge in [0.25, 0.3) is 0 Å². The quantitative estimate of drug-likeness (QED) is 0.855. The molecule has 1 saturated heterocycles.